The average molecular weight is 316 g/mol. The molecular formula is C12H12BrClN2O. The Labute approximate surface area is 113 Å². The van der Waals surface area contributed by atoms with Gasteiger partial charge < -0.3 is 10.4 Å². The number of benzene rings is 1. The Hall–Kier alpha value is -0.840. The summed E-state index contributed by atoms with van der Waals surface area (Å²) in [6.45, 7) is 1.95. The van der Waals surface area contributed by atoms with Crippen molar-refractivity contribution >= 4 is 44.3 Å². The second-order valence-corrected chi connectivity index (χ2v) is 5.21. The van der Waals surface area contributed by atoms with Crippen LogP contribution in [0.15, 0.2) is 28.7 Å². The molecule has 1 unspecified atom stereocenters. The molecule has 1 aromatic carbocycles. The fourth-order valence-corrected chi connectivity index (χ4v) is 2.41. The van der Waals surface area contributed by atoms with Crippen LogP contribution in [-0.4, -0.2) is 22.7 Å². The molecule has 0 saturated carbocycles. The number of halogens is 2. The second-order valence-electron chi connectivity index (χ2n) is 3.88. The lowest BCUT2D eigenvalue weighted by atomic mass is 10.2. The van der Waals surface area contributed by atoms with E-state index in [1.54, 1.807) is 0 Å². The maximum absolute atomic E-state index is 8.98. The smallest absolute Gasteiger partial charge is 0.127 e. The van der Waals surface area contributed by atoms with E-state index in [1.807, 2.05) is 31.2 Å². The number of pyridine rings is 1. The monoisotopic (exact) mass is 314 g/mol. The predicted molar refractivity (Wildman–Crippen MR) is 74.6 cm³/mol. The quantitative estimate of drug-likeness (QED) is 0.912. The third-order valence-corrected chi connectivity index (χ3v) is 3.12. The zero-order chi connectivity index (χ0) is 12.4. The molecule has 5 heteroatoms. The van der Waals surface area contributed by atoms with Gasteiger partial charge in [-0.25, -0.2) is 4.98 Å². The molecule has 0 aliphatic heterocycles. The number of nitrogens with zero attached hydrogens (tertiary/aromatic N) is 1. The zero-order valence-corrected chi connectivity index (χ0v) is 11.6. The van der Waals surface area contributed by atoms with E-state index in [1.165, 1.54) is 0 Å². The molecular weight excluding hydrogens is 304 g/mol. The Balaban J connectivity index is 2.43. The van der Waals surface area contributed by atoms with Gasteiger partial charge in [0, 0.05) is 15.9 Å². The van der Waals surface area contributed by atoms with Crippen LogP contribution in [0, 0.1) is 0 Å². The number of anilines is 1. The lowest BCUT2D eigenvalue weighted by Gasteiger charge is -2.12. The molecule has 0 saturated heterocycles. The molecule has 90 valence electrons. The summed E-state index contributed by atoms with van der Waals surface area (Å²) < 4.78 is 0.932. The highest BCUT2D eigenvalue weighted by molar-refractivity contribution is 9.10. The van der Waals surface area contributed by atoms with Crippen molar-refractivity contribution in [3.8, 4) is 0 Å². The molecule has 2 N–H and O–H groups in total. The first-order chi connectivity index (χ1) is 8.10. The largest absolute Gasteiger partial charge is 0.394 e. The highest BCUT2D eigenvalue weighted by Gasteiger charge is 2.06. The summed E-state index contributed by atoms with van der Waals surface area (Å²) >= 11 is 9.53. The van der Waals surface area contributed by atoms with E-state index in [2.05, 4.69) is 26.2 Å². The number of fused-ring (bicyclic) bond motifs is 1. The van der Waals surface area contributed by atoms with Crippen LogP contribution in [0.2, 0.25) is 5.02 Å². The lowest BCUT2D eigenvalue weighted by Crippen LogP contribution is -2.19. The molecule has 17 heavy (non-hydrogen) atoms. The van der Waals surface area contributed by atoms with Crippen molar-refractivity contribution in [1.82, 2.24) is 4.98 Å². The lowest BCUT2D eigenvalue weighted by molar-refractivity contribution is 0.281. The third kappa shape index (κ3) is 2.89. The Morgan fingerprint density at radius 3 is 2.94 bits per heavy atom. The van der Waals surface area contributed by atoms with Crippen LogP contribution in [0.5, 0.6) is 0 Å². The van der Waals surface area contributed by atoms with Gasteiger partial charge in [-0.2, -0.15) is 0 Å². The predicted octanol–water partition coefficient (Wildman–Crippen LogP) is 3.44. The molecule has 1 heterocycles. The van der Waals surface area contributed by atoms with Crippen molar-refractivity contribution in [1.29, 1.82) is 0 Å². The van der Waals surface area contributed by atoms with Gasteiger partial charge in [-0.1, -0.05) is 27.5 Å². The van der Waals surface area contributed by atoms with Crippen molar-refractivity contribution in [2.75, 3.05) is 11.9 Å². The van der Waals surface area contributed by atoms with Crippen LogP contribution < -0.4 is 5.32 Å². The first-order valence-electron chi connectivity index (χ1n) is 5.23. The van der Waals surface area contributed by atoms with E-state index >= 15 is 0 Å². The van der Waals surface area contributed by atoms with Crippen LogP contribution in [0.25, 0.3) is 10.9 Å². The van der Waals surface area contributed by atoms with E-state index in [4.69, 9.17) is 16.7 Å². The molecule has 0 radical (unpaired) electrons. The molecule has 1 atom stereocenters. The Kier molecular flexibility index (Phi) is 3.86. The number of hydrogen-bond donors (Lipinski definition) is 2. The second kappa shape index (κ2) is 5.21. The van der Waals surface area contributed by atoms with E-state index in [9.17, 15) is 0 Å². The average Bonchev–Trinajstić information content (AvgIpc) is 2.29. The number of nitrogens with one attached hydrogen (secondary N) is 1. The molecule has 0 spiro atoms. The van der Waals surface area contributed by atoms with Gasteiger partial charge in [0.05, 0.1) is 17.1 Å². The highest BCUT2D eigenvalue weighted by atomic mass is 79.9. The van der Waals surface area contributed by atoms with Crippen molar-refractivity contribution in [2.24, 2.45) is 0 Å². The SMILES string of the molecule is CC(CO)Nc1ccc2cc(Br)cc(Cl)c2n1. The molecule has 2 rings (SSSR count). The topological polar surface area (TPSA) is 45.1 Å². The Morgan fingerprint density at radius 2 is 2.24 bits per heavy atom. The van der Waals surface area contributed by atoms with Gasteiger partial charge in [-0.15, -0.1) is 0 Å². The van der Waals surface area contributed by atoms with Crippen LogP contribution in [0.3, 0.4) is 0 Å². The molecule has 1 aromatic heterocycles. The summed E-state index contributed by atoms with van der Waals surface area (Å²) in [5.74, 6) is 0.711. The van der Waals surface area contributed by atoms with E-state index < -0.39 is 0 Å². The van der Waals surface area contributed by atoms with Gasteiger partial charge >= 0.3 is 0 Å². The minimum atomic E-state index is -0.0332. The molecule has 0 aliphatic rings. The third-order valence-electron chi connectivity index (χ3n) is 2.38. The normalized spacial score (nSPS) is 12.7. The van der Waals surface area contributed by atoms with E-state index in [0.717, 1.165) is 15.4 Å². The van der Waals surface area contributed by atoms with Gasteiger partial charge in [-0.3, -0.25) is 0 Å². The van der Waals surface area contributed by atoms with Crippen LogP contribution in [0.1, 0.15) is 6.92 Å². The fraction of sp³-hybridized carbons (Fsp3) is 0.250. The van der Waals surface area contributed by atoms with Crippen LogP contribution >= 0.6 is 27.5 Å². The number of hydrogen-bond acceptors (Lipinski definition) is 3. The van der Waals surface area contributed by atoms with Gasteiger partial charge in [0.15, 0.2) is 0 Å². The number of rotatable bonds is 3. The fourth-order valence-electron chi connectivity index (χ4n) is 1.54. The van der Waals surface area contributed by atoms with E-state index in [0.29, 0.717) is 10.8 Å². The van der Waals surface area contributed by atoms with Gasteiger partial charge in [-0.05, 0) is 31.2 Å². The van der Waals surface area contributed by atoms with Crippen molar-refractivity contribution in [2.45, 2.75) is 13.0 Å². The minimum absolute atomic E-state index is 0.0332. The highest BCUT2D eigenvalue weighted by Crippen LogP contribution is 2.27. The first kappa shape index (κ1) is 12.6. The van der Waals surface area contributed by atoms with Crippen LogP contribution in [0.4, 0.5) is 5.82 Å². The number of aliphatic hydroxyl groups is 1. The molecule has 0 bridgehead atoms. The summed E-state index contributed by atoms with van der Waals surface area (Å²) in [6.07, 6.45) is 0. The molecule has 0 fully saturated rings. The number of aliphatic hydroxyl groups excluding tert-OH is 1. The minimum Gasteiger partial charge on any atom is -0.394 e. The first-order valence-corrected chi connectivity index (χ1v) is 6.40. The maximum atomic E-state index is 8.98. The summed E-state index contributed by atoms with van der Waals surface area (Å²) in [7, 11) is 0. The zero-order valence-electron chi connectivity index (χ0n) is 9.24. The molecule has 3 nitrogen and oxygen atoms in total. The standard InChI is InChI=1S/C12H12BrClN2O/c1-7(6-17)15-11-3-2-8-4-9(13)5-10(14)12(8)16-11/h2-5,7,17H,6H2,1H3,(H,15,16). The van der Waals surface area contributed by atoms with Crippen molar-refractivity contribution in [3.05, 3.63) is 33.8 Å². The molecule has 0 aliphatic carbocycles. The van der Waals surface area contributed by atoms with Gasteiger partial charge in [0.1, 0.15) is 5.82 Å². The molecule has 0 amide bonds. The summed E-state index contributed by atoms with van der Waals surface area (Å²) in [5, 5.41) is 13.7. The Morgan fingerprint density at radius 1 is 1.47 bits per heavy atom. The van der Waals surface area contributed by atoms with E-state index in [-0.39, 0.29) is 12.6 Å². The molecule has 2 aromatic rings. The summed E-state index contributed by atoms with van der Waals surface area (Å²) in [5.41, 5.74) is 0.755. The Bertz CT molecular complexity index is 547. The summed E-state index contributed by atoms with van der Waals surface area (Å²) in [4.78, 5) is 4.43. The van der Waals surface area contributed by atoms with Crippen LogP contribution in [-0.2, 0) is 0 Å². The number of aromatic nitrogens is 1. The summed E-state index contributed by atoms with van der Waals surface area (Å²) in [6, 6.07) is 7.57. The van der Waals surface area contributed by atoms with Gasteiger partial charge in [0.2, 0.25) is 0 Å². The van der Waals surface area contributed by atoms with Crippen molar-refractivity contribution < 1.29 is 5.11 Å². The maximum Gasteiger partial charge on any atom is 0.127 e. The van der Waals surface area contributed by atoms with Gasteiger partial charge in [0.25, 0.3) is 0 Å². The van der Waals surface area contributed by atoms with Crippen molar-refractivity contribution in [3.63, 3.8) is 0 Å².